The first-order valence-corrected chi connectivity index (χ1v) is 2.84. The predicted molar refractivity (Wildman–Crippen MR) is 60.8 cm³/mol. The molecule has 0 aliphatic carbocycles. The molecule has 0 fully saturated rings. The number of hydrogen-bond acceptors (Lipinski definition) is 5. The van der Waals surface area contributed by atoms with Crippen molar-refractivity contribution in [3.63, 3.8) is 0 Å². The summed E-state index contributed by atoms with van der Waals surface area (Å²) < 4.78 is 0. The zero-order valence-corrected chi connectivity index (χ0v) is 15.0. The van der Waals surface area contributed by atoms with Crippen molar-refractivity contribution < 1.29 is 130 Å². The quantitative estimate of drug-likeness (QED) is 0.309. The standard InChI is InChI=1S/C4H6O4.BH3O3.2Na.6H2O.2H/c5-3(6)1-2-4(7)8;2-1(3)4;;;;;;;;;;/h1-2H2,(H,5,6)(H,7,8);2-4H;;;6*1H2;;/q;;2*+1;;;;;;;2*-1. The molecular formula is C4H23BNa2O13. The van der Waals surface area contributed by atoms with Crippen LogP contribution in [0.1, 0.15) is 15.7 Å². The third-order valence-electron chi connectivity index (χ3n) is 0.553. The van der Waals surface area contributed by atoms with E-state index in [0.717, 1.165) is 0 Å². The van der Waals surface area contributed by atoms with Crippen LogP contribution < -0.4 is 59.1 Å². The van der Waals surface area contributed by atoms with Gasteiger partial charge in [0.25, 0.3) is 0 Å². The molecule has 0 aromatic carbocycles. The van der Waals surface area contributed by atoms with Crippen LogP contribution in [0.25, 0.3) is 0 Å². The van der Waals surface area contributed by atoms with Crippen molar-refractivity contribution in [2.75, 3.05) is 0 Å². The van der Waals surface area contributed by atoms with Gasteiger partial charge in [-0.3, -0.25) is 9.59 Å². The zero-order chi connectivity index (χ0) is 10.1. The molecule has 16 heteroatoms. The number of rotatable bonds is 3. The summed E-state index contributed by atoms with van der Waals surface area (Å²) in [6, 6.07) is 0. The maximum Gasteiger partial charge on any atom is 1.00 e. The molecule has 0 aliphatic heterocycles. The Morgan fingerprint density at radius 2 is 0.800 bits per heavy atom. The maximum absolute atomic E-state index is 9.64. The summed E-state index contributed by atoms with van der Waals surface area (Å²) in [7, 11) is -2.17. The van der Waals surface area contributed by atoms with Crippen LogP contribution in [0.4, 0.5) is 0 Å². The van der Waals surface area contributed by atoms with E-state index in [4.69, 9.17) is 25.3 Å². The van der Waals surface area contributed by atoms with Crippen molar-refractivity contribution >= 4 is 19.3 Å². The smallest absolute Gasteiger partial charge is 1.00 e. The largest absolute Gasteiger partial charge is 1.00 e. The van der Waals surface area contributed by atoms with Crippen molar-refractivity contribution in [3.8, 4) is 0 Å². The minimum Gasteiger partial charge on any atom is -1.00 e. The molecule has 17 N–H and O–H groups in total. The summed E-state index contributed by atoms with van der Waals surface area (Å²) in [5.74, 6) is -2.15. The Morgan fingerprint density at radius 3 is 0.850 bits per heavy atom. The van der Waals surface area contributed by atoms with Crippen LogP contribution in [0.3, 0.4) is 0 Å². The minimum atomic E-state index is -2.17. The average molecular weight is 336 g/mol. The molecule has 13 nitrogen and oxygen atoms in total. The summed E-state index contributed by atoms with van der Waals surface area (Å²) in [5.41, 5.74) is 0. The van der Waals surface area contributed by atoms with Crippen LogP contribution in [0.5, 0.6) is 0 Å². The Bertz CT molecular complexity index is 150. The monoisotopic (exact) mass is 336 g/mol. The van der Waals surface area contributed by atoms with Gasteiger partial charge in [0.1, 0.15) is 0 Å². The molecule has 0 aliphatic rings. The molecule has 0 aromatic heterocycles. The van der Waals surface area contributed by atoms with Gasteiger partial charge in [0.2, 0.25) is 0 Å². The molecule has 0 saturated heterocycles. The van der Waals surface area contributed by atoms with E-state index in [2.05, 4.69) is 0 Å². The average Bonchev–Trinajstić information content (AvgIpc) is 1.82. The first-order chi connectivity index (χ1) is 5.36. The molecule has 0 rings (SSSR count). The first-order valence-electron chi connectivity index (χ1n) is 2.84. The molecule has 0 bridgehead atoms. The first kappa shape index (κ1) is 70.3. The molecule has 122 valence electrons. The molecule has 20 heavy (non-hydrogen) atoms. The predicted octanol–water partition coefficient (Wildman–Crippen LogP) is -12.8. The third kappa shape index (κ3) is 182. The zero-order valence-electron chi connectivity index (χ0n) is 13.0. The molecular weight excluding hydrogens is 313 g/mol. The number of carboxylic acids is 2. The van der Waals surface area contributed by atoms with E-state index < -0.39 is 19.3 Å². The fourth-order valence-electron chi connectivity index (χ4n) is 0.214. The Balaban J connectivity index is -0.00000000667. The normalized spacial score (nSPS) is 4.75. The van der Waals surface area contributed by atoms with Crippen LogP contribution in [-0.4, -0.2) is 77.4 Å². The number of hydrogen-bond donors (Lipinski definition) is 5. The van der Waals surface area contributed by atoms with Crippen LogP contribution in [0, 0.1) is 0 Å². The van der Waals surface area contributed by atoms with Gasteiger partial charge in [0, 0.05) is 0 Å². The van der Waals surface area contributed by atoms with Crippen LogP contribution in [-0.2, 0) is 9.59 Å². The number of carbonyl (C=O) groups is 2. The van der Waals surface area contributed by atoms with Crippen LogP contribution in [0.15, 0.2) is 0 Å². The van der Waals surface area contributed by atoms with Gasteiger partial charge >= 0.3 is 78.4 Å². The molecule has 0 spiro atoms. The van der Waals surface area contributed by atoms with E-state index in [-0.39, 0.29) is 108 Å². The Kier molecular flexibility index (Phi) is 177. The molecule has 0 amide bonds. The number of aliphatic carboxylic acids is 2. The van der Waals surface area contributed by atoms with E-state index in [0.29, 0.717) is 0 Å². The van der Waals surface area contributed by atoms with Gasteiger partial charge in [-0.2, -0.15) is 0 Å². The van der Waals surface area contributed by atoms with Crippen molar-refractivity contribution in [1.82, 2.24) is 0 Å². The SMILES string of the molecule is O.O.O.O.O.O.O=C(O)CCC(=O)O.OB(O)O.[H-].[H-].[Na+].[Na+]. The maximum atomic E-state index is 9.64. The second-order valence-electron chi connectivity index (χ2n) is 1.63. The summed E-state index contributed by atoms with van der Waals surface area (Å²) in [6.45, 7) is 0. The molecule has 0 aromatic rings. The summed E-state index contributed by atoms with van der Waals surface area (Å²) in [4.78, 5) is 19.3. The van der Waals surface area contributed by atoms with Gasteiger partial charge in [-0.05, 0) is 0 Å². The van der Waals surface area contributed by atoms with Crippen molar-refractivity contribution in [1.29, 1.82) is 0 Å². The molecule has 0 saturated carbocycles. The van der Waals surface area contributed by atoms with E-state index in [1.165, 1.54) is 0 Å². The van der Waals surface area contributed by atoms with Gasteiger partial charge in [-0.1, -0.05) is 0 Å². The van der Waals surface area contributed by atoms with Crippen molar-refractivity contribution in [2.24, 2.45) is 0 Å². The van der Waals surface area contributed by atoms with E-state index >= 15 is 0 Å². The van der Waals surface area contributed by atoms with Gasteiger partial charge in [-0.25, -0.2) is 0 Å². The second kappa shape index (κ2) is 50.4. The number of carboxylic acid groups (broad SMARTS) is 2. The second-order valence-corrected chi connectivity index (χ2v) is 1.63. The van der Waals surface area contributed by atoms with E-state index in [9.17, 15) is 9.59 Å². The molecule has 0 atom stereocenters. The van der Waals surface area contributed by atoms with Gasteiger partial charge in [-0.15, -0.1) is 0 Å². The van der Waals surface area contributed by atoms with Gasteiger partial charge < -0.3 is 61.0 Å². The molecule has 0 radical (unpaired) electrons. The Morgan fingerprint density at radius 1 is 0.700 bits per heavy atom. The van der Waals surface area contributed by atoms with E-state index in [1.54, 1.807) is 0 Å². The topological polar surface area (TPSA) is 324 Å². The molecule has 0 unspecified atom stereocenters. The third-order valence-corrected chi connectivity index (χ3v) is 0.553. The van der Waals surface area contributed by atoms with Crippen LogP contribution >= 0.6 is 0 Å². The molecule has 0 heterocycles. The minimum absolute atomic E-state index is 0. The van der Waals surface area contributed by atoms with E-state index in [1.807, 2.05) is 0 Å². The van der Waals surface area contributed by atoms with Crippen molar-refractivity contribution in [2.45, 2.75) is 12.8 Å². The summed E-state index contributed by atoms with van der Waals surface area (Å²) >= 11 is 0. The fourth-order valence-corrected chi connectivity index (χ4v) is 0.214. The van der Waals surface area contributed by atoms with Crippen molar-refractivity contribution in [3.05, 3.63) is 0 Å². The van der Waals surface area contributed by atoms with Crippen LogP contribution in [0.2, 0.25) is 0 Å². The van der Waals surface area contributed by atoms with Gasteiger partial charge in [0.05, 0.1) is 12.8 Å². The Hall–Kier alpha value is 0.645. The van der Waals surface area contributed by atoms with Gasteiger partial charge in [0.15, 0.2) is 0 Å². The summed E-state index contributed by atoms with van der Waals surface area (Å²) in [6.07, 6.45) is -0.593. The summed E-state index contributed by atoms with van der Waals surface area (Å²) in [5, 5.41) is 37.3. The fraction of sp³-hybridized carbons (Fsp3) is 0.500. The Labute approximate surface area is 161 Å².